The maximum atomic E-state index is 12.3. The molecule has 2 heterocycles. The smallest absolute Gasteiger partial charge is 0.303 e. The van der Waals surface area contributed by atoms with E-state index in [9.17, 15) is 9.59 Å². The van der Waals surface area contributed by atoms with Crippen molar-refractivity contribution in [1.82, 2.24) is 14.0 Å². The van der Waals surface area contributed by atoms with Gasteiger partial charge in [-0.05, 0) is 29.5 Å². The molecule has 0 fully saturated rings. The van der Waals surface area contributed by atoms with Crippen LogP contribution in [-0.4, -0.2) is 27.1 Å². The lowest BCUT2D eigenvalue weighted by molar-refractivity contribution is 0.291. The molecule has 0 aliphatic carbocycles. The number of hydrogen-bond donors (Lipinski definition) is 0. The number of rotatable bonds is 4. The van der Waals surface area contributed by atoms with Gasteiger partial charge in [-0.1, -0.05) is 37.3 Å². The van der Waals surface area contributed by atoms with Gasteiger partial charge in [0.05, 0.1) is 0 Å². The van der Waals surface area contributed by atoms with Gasteiger partial charge in [-0.15, -0.1) is 0 Å². The highest BCUT2D eigenvalue weighted by atomic mass is 16.2. The van der Waals surface area contributed by atoms with Crippen LogP contribution >= 0.6 is 0 Å². The largest absolute Gasteiger partial charge is 0.330 e. The minimum atomic E-state index is -0.287. The highest BCUT2D eigenvalue weighted by Crippen LogP contribution is 2.23. The molecule has 1 aromatic heterocycles. The van der Waals surface area contributed by atoms with Gasteiger partial charge in [0, 0.05) is 45.5 Å². The summed E-state index contributed by atoms with van der Waals surface area (Å²) in [6, 6.07) is 8.78. The van der Waals surface area contributed by atoms with E-state index in [0.29, 0.717) is 12.1 Å². The van der Waals surface area contributed by atoms with Gasteiger partial charge in [-0.3, -0.25) is 14.3 Å². The van der Waals surface area contributed by atoms with E-state index in [-0.39, 0.29) is 11.2 Å². The Morgan fingerprint density at radius 3 is 2.40 bits per heavy atom. The molecule has 0 spiro atoms. The number of nitrogens with zero attached hydrogens (tertiary/aromatic N) is 3. The number of benzene rings is 1. The van der Waals surface area contributed by atoms with E-state index in [4.69, 9.17) is 0 Å². The molecule has 1 aliphatic heterocycles. The van der Waals surface area contributed by atoms with Crippen LogP contribution in [0.2, 0.25) is 0 Å². The standard InChI is InChI=1S/C20H25N3O2/c1-4-15-5-7-16(8-6-15)17-9-11-23(12-10-17)14-18-13-21(2)20(25)22(3)19(18)24/h5-9,13H,4,10-12,14H2,1-3H3. The summed E-state index contributed by atoms with van der Waals surface area (Å²) in [7, 11) is 3.21. The lowest BCUT2D eigenvalue weighted by Gasteiger charge is -2.26. The zero-order valence-corrected chi connectivity index (χ0v) is 15.2. The summed E-state index contributed by atoms with van der Waals surface area (Å²) < 4.78 is 2.65. The first kappa shape index (κ1) is 17.4. The molecule has 0 radical (unpaired) electrons. The Labute approximate surface area is 147 Å². The summed E-state index contributed by atoms with van der Waals surface area (Å²) in [6.45, 7) is 4.46. The molecule has 0 amide bonds. The van der Waals surface area contributed by atoms with Gasteiger partial charge in [0.2, 0.25) is 0 Å². The molecule has 0 N–H and O–H groups in total. The quantitative estimate of drug-likeness (QED) is 0.855. The van der Waals surface area contributed by atoms with Crippen molar-refractivity contribution in [2.45, 2.75) is 26.3 Å². The summed E-state index contributed by atoms with van der Waals surface area (Å²) in [5.41, 5.74) is 4.18. The highest BCUT2D eigenvalue weighted by molar-refractivity contribution is 5.66. The van der Waals surface area contributed by atoms with Crippen molar-refractivity contribution in [3.05, 3.63) is 74.1 Å². The van der Waals surface area contributed by atoms with Crippen molar-refractivity contribution < 1.29 is 0 Å². The fourth-order valence-corrected chi connectivity index (χ4v) is 3.30. The number of aryl methyl sites for hydroxylation is 2. The van der Waals surface area contributed by atoms with Crippen LogP contribution < -0.4 is 11.2 Å². The second-order valence-electron chi connectivity index (χ2n) is 6.68. The third-order valence-electron chi connectivity index (χ3n) is 4.94. The average molecular weight is 339 g/mol. The molecule has 132 valence electrons. The van der Waals surface area contributed by atoms with Crippen molar-refractivity contribution in [3.8, 4) is 0 Å². The average Bonchev–Trinajstić information content (AvgIpc) is 2.65. The Kier molecular flexibility index (Phi) is 5.04. The van der Waals surface area contributed by atoms with Crippen molar-refractivity contribution in [1.29, 1.82) is 0 Å². The summed E-state index contributed by atoms with van der Waals surface area (Å²) in [5.74, 6) is 0. The third-order valence-corrected chi connectivity index (χ3v) is 4.94. The molecular weight excluding hydrogens is 314 g/mol. The topological polar surface area (TPSA) is 47.2 Å². The molecule has 5 nitrogen and oxygen atoms in total. The van der Waals surface area contributed by atoms with Crippen LogP contribution in [0.3, 0.4) is 0 Å². The Morgan fingerprint density at radius 2 is 1.80 bits per heavy atom. The monoisotopic (exact) mass is 339 g/mol. The number of aromatic nitrogens is 2. The van der Waals surface area contributed by atoms with Crippen molar-refractivity contribution in [3.63, 3.8) is 0 Å². The van der Waals surface area contributed by atoms with Gasteiger partial charge in [-0.2, -0.15) is 0 Å². The number of hydrogen-bond acceptors (Lipinski definition) is 3. The van der Waals surface area contributed by atoms with Gasteiger partial charge in [-0.25, -0.2) is 4.79 Å². The lowest BCUT2D eigenvalue weighted by atomic mass is 9.98. The van der Waals surface area contributed by atoms with Crippen LogP contribution in [0.4, 0.5) is 0 Å². The molecule has 25 heavy (non-hydrogen) atoms. The maximum Gasteiger partial charge on any atom is 0.330 e. The molecule has 2 aromatic rings. The Hall–Kier alpha value is -2.40. The summed E-state index contributed by atoms with van der Waals surface area (Å²) in [4.78, 5) is 26.3. The van der Waals surface area contributed by atoms with E-state index < -0.39 is 0 Å². The van der Waals surface area contributed by atoms with Gasteiger partial charge in [0.15, 0.2) is 0 Å². The second-order valence-corrected chi connectivity index (χ2v) is 6.68. The van der Waals surface area contributed by atoms with E-state index in [1.165, 1.54) is 32.9 Å². The van der Waals surface area contributed by atoms with Crippen LogP contribution in [0, 0.1) is 0 Å². The zero-order valence-electron chi connectivity index (χ0n) is 15.2. The summed E-state index contributed by atoms with van der Waals surface area (Å²) in [5, 5.41) is 0. The van der Waals surface area contributed by atoms with E-state index >= 15 is 0 Å². The molecule has 3 rings (SSSR count). The Bertz CT molecular complexity index is 904. The molecule has 0 unspecified atom stereocenters. The molecular formula is C20H25N3O2. The third kappa shape index (κ3) is 3.66. The van der Waals surface area contributed by atoms with Crippen molar-refractivity contribution in [2.24, 2.45) is 14.1 Å². The summed E-state index contributed by atoms with van der Waals surface area (Å²) in [6.07, 6.45) is 5.93. The Balaban J connectivity index is 1.73. The van der Waals surface area contributed by atoms with Crippen LogP contribution in [0.25, 0.3) is 5.57 Å². The first-order valence-corrected chi connectivity index (χ1v) is 8.76. The predicted octanol–water partition coefficient (Wildman–Crippen LogP) is 1.94. The zero-order chi connectivity index (χ0) is 18.0. The minimum absolute atomic E-state index is 0.201. The molecule has 0 atom stereocenters. The molecule has 0 saturated heterocycles. The predicted molar refractivity (Wildman–Crippen MR) is 101 cm³/mol. The molecule has 1 aromatic carbocycles. The minimum Gasteiger partial charge on any atom is -0.303 e. The van der Waals surface area contributed by atoms with Crippen molar-refractivity contribution in [2.75, 3.05) is 13.1 Å². The lowest BCUT2D eigenvalue weighted by Crippen LogP contribution is -2.40. The van der Waals surface area contributed by atoms with Gasteiger partial charge in [0.25, 0.3) is 5.56 Å². The maximum absolute atomic E-state index is 12.3. The molecule has 1 aliphatic rings. The molecule has 5 heteroatoms. The second kappa shape index (κ2) is 7.23. The van der Waals surface area contributed by atoms with Crippen LogP contribution in [0.5, 0.6) is 0 Å². The Morgan fingerprint density at radius 1 is 1.08 bits per heavy atom. The van der Waals surface area contributed by atoms with Crippen LogP contribution in [0.15, 0.2) is 46.1 Å². The normalized spacial score (nSPS) is 15.2. The fourth-order valence-electron chi connectivity index (χ4n) is 3.30. The van der Waals surface area contributed by atoms with Crippen LogP contribution in [0.1, 0.15) is 30.0 Å². The van der Waals surface area contributed by atoms with E-state index in [1.54, 1.807) is 13.2 Å². The molecule has 0 bridgehead atoms. The fraction of sp³-hybridized carbons (Fsp3) is 0.400. The van der Waals surface area contributed by atoms with Crippen molar-refractivity contribution >= 4 is 5.57 Å². The van der Waals surface area contributed by atoms with Gasteiger partial charge < -0.3 is 4.57 Å². The first-order chi connectivity index (χ1) is 12.0. The first-order valence-electron chi connectivity index (χ1n) is 8.76. The summed E-state index contributed by atoms with van der Waals surface area (Å²) >= 11 is 0. The van der Waals surface area contributed by atoms with Gasteiger partial charge >= 0.3 is 5.69 Å². The van der Waals surface area contributed by atoms with E-state index in [1.807, 2.05) is 0 Å². The van der Waals surface area contributed by atoms with Crippen LogP contribution in [-0.2, 0) is 27.1 Å². The highest BCUT2D eigenvalue weighted by Gasteiger charge is 2.16. The van der Waals surface area contributed by atoms with E-state index in [2.05, 4.69) is 42.2 Å². The van der Waals surface area contributed by atoms with Gasteiger partial charge in [0.1, 0.15) is 0 Å². The van der Waals surface area contributed by atoms with E-state index in [0.717, 1.165) is 25.9 Å². The SMILES string of the molecule is CCc1ccc(C2=CCN(Cc3cn(C)c(=O)n(C)c3=O)CC2)cc1. The molecule has 0 saturated carbocycles.